The van der Waals surface area contributed by atoms with Gasteiger partial charge in [0.1, 0.15) is 10.6 Å². The lowest BCUT2D eigenvalue weighted by molar-refractivity contribution is 0.396. The van der Waals surface area contributed by atoms with E-state index in [-0.39, 0.29) is 23.2 Å². The summed E-state index contributed by atoms with van der Waals surface area (Å²) in [5.74, 6) is 0.251. The van der Waals surface area contributed by atoms with Crippen LogP contribution < -0.4 is 15.2 Å². The number of hydrogen-bond donors (Lipinski definition) is 2. The third kappa shape index (κ3) is 4.57. The lowest BCUT2D eigenvalue weighted by Crippen LogP contribution is -2.34. The van der Waals surface area contributed by atoms with Crippen LogP contribution in [0.1, 0.15) is 38.7 Å². The van der Waals surface area contributed by atoms with E-state index in [0.29, 0.717) is 10.6 Å². The molecule has 0 aliphatic rings. The van der Waals surface area contributed by atoms with E-state index in [0.717, 1.165) is 19.3 Å². The van der Waals surface area contributed by atoms with Gasteiger partial charge in [-0.1, -0.05) is 31.9 Å². The van der Waals surface area contributed by atoms with Crippen LogP contribution in [0.15, 0.2) is 17.0 Å². The predicted molar refractivity (Wildman–Crippen MR) is 85.2 cm³/mol. The molecule has 0 aliphatic carbocycles. The molecule has 1 aromatic carbocycles. The lowest BCUT2D eigenvalue weighted by Gasteiger charge is -2.19. The Morgan fingerprint density at radius 3 is 2.52 bits per heavy atom. The summed E-state index contributed by atoms with van der Waals surface area (Å²) >= 11 is 5.99. The first-order chi connectivity index (χ1) is 9.89. The summed E-state index contributed by atoms with van der Waals surface area (Å²) in [7, 11) is -2.29. The smallest absolute Gasteiger partial charge is 0.244 e. The highest BCUT2D eigenvalue weighted by molar-refractivity contribution is 7.89. The fraction of sp³-hybridized carbons (Fsp3) is 0.571. The molecule has 0 aromatic heterocycles. The average Bonchev–Trinajstić information content (AvgIpc) is 2.45. The van der Waals surface area contributed by atoms with Crippen LogP contribution in [0, 0.1) is 0 Å². The molecule has 0 heterocycles. The lowest BCUT2D eigenvalue weighted by atomic mass is 10.1. The van der Waals surface area contributed by atoms with E-state index in [4.69, 9.17) is 22.1 Å². The number of nitrogens with one attached hydrogen (secondary N) is 1. The van der Waals surface area contributed by atoms with Crippen LogP contribution in [0.2, 0.25) is 5.02 Å². The average molecular weight is 335 g/mol. The summed E-state index contributed by atoms with van der Waals surface area (Å²) in [6.07, 6.45) is 2.41. The second-order valence-electron chi connectivity index (χ2n) is 4.82. The second kappa shape index (κ2) is 7.98. The fourth-order valence-corrected chi connectivity index (χ4v) is 4.08. The van der Waals surface area contributed by atoms with Crippen molar-refractivity contribution in [3.63, 3.8) is 0 Å². The van der Waals surface area contributed by atoms with Crippen molar-refractivity contribution in [3.8, 4) is 5.75 Å². The molecule has 0 aliphatic heterocycles. The molecule has 0 saturated heterocycles. The van der Waals surface area contributed by atoms with Crippen LogP contribution in [0.3, 0.4) is 0 Å². The maximum Gasteiger partial charge on any atom is 0.244 e. The number of benzene rings is 1. The summed E-state index contributed by atoms with van der Waals surface area (Å²) in [6.45, 7) is 4.12. The Morgan fingerprint density at radius 2 is 2.05 bits per heavy atom. The number of hydrogen-bond acceptors (Lipinski definition) is 4. The Hall–Kier alpha value is -0.820. The molecule has 3 N–H and O–H groups in total. The first-order valence-electron chi connectivity index (χ1n) is 6.98. The van der Waals surface area contributed by atoms with Gasteiger partial charge in [0, 0.05) is 23.2 Å². The topological polar surface area (TPSA) is 81.4 Å². The Kier molecular flexibility index (Phi) is 6.93. The van der Waals surface area contributed by atoms with E-state index >= 15 is 0 Å². The second-order valence-corrected chi connectivity index (χ2v) is 6.93. The van der Waals surface area contributed by atoms with Crippen LogP contribution in [-0.4, -0.2) is 21.6 Å². The van der Waals surface area contributed by atoms with Gasteiger partial charge in [-0.2, -0.15) is 0 Å². The summed E-state index contributed by atoms with van der Waals surface area (Å²) in [6, 6.07) is 2.90. The number of sulfonamides is 1. The third-order valence-electron chi connectivity index (χ3n) is 3.26. The minimum atomic E-state index is -3.71. The molecule has 1 rings (SSSR count). The number of nitrogens with two attached hydrogens (primary N) is 1. The minimum Gasteiger partial charge on any atom is -0.495 e. The highest BCUT2D eigenvalue weighted by Gasteiger charge is 2.25. The molecular formula is C14H23ClN2O3S. The normalized spacial score (nSPS) is 13.2. The molecule has 0 fully saturated rings. The zero-order chi connectivity index (χ0) is 16.0. The number of ether oxygens (including phenoxy) is 1. The van der Waals surface area contributed by atoms with Crippen LogP contribution >= 0.6 is 11.6 Å². The van der Waals surface area contributed by atoms with Gasteiger partial charge >= 0.3 is 0 Å². The zero-order valence-electron chi connectivity index (χ0n) is 12.6. The highest BCUT2D eigenvalue weighted by atomic mass is 35.5. The molecule has 0 bridgehead atoms. The Balaban J connectivity index is 3.27. The van der Waals surface area contributed by atoms with Gasteiger partial charge in [0.05, 0.1) is 7.11 Å². The molecule has 1 atom stereocenters. The number of halogens is 1. The van der Waals surface area contributed by atoms with Gasteiger partial charge in [0.15, 0.2) is 0 Å². The SMILES string of the molecule is CCCC(CC)NS(=O)(=O)c1cc(Cl)cc(CN)c1OC. The van der Waals surface area contributed by atoms with E-state index in [1.807, 2.05) is 13.8 Å². The van der Waals surface area contributed by atoms with Crippen LogP contribution in [0.4, 0.5) is 0 Å². The van der Waals surface area contributed by atoms with Gasteiger partial charge in [-0.15, -0.1) is 0 Å². The fourth-order valence-electron chi connectivity index (χ4n) is 2.18. The van der Waals surface area contributed by atoms with Gasteiger partial charge in [-0.05, 0) is 25.0 Å². The van der Waals surface area contributed by atoms with Crippen molar-refractivity contribution in [2.45, 2.75) is 50.6 Å². The monoisotopic (exact) mass is 334 g/mol. The summed E-state index contributed by atoms with van der Waals surface area (Å²) in [5, 5.41) is 0.320. The summed E-state index contributed by atoms with van der Waals surface area (Å²) in [4.78, 5) is 0.0347. The number of methoxy groups -OCH3 is 1. The van der Waals surface area contributed by atoms with Crippen molar-refractivity contribution in [1.29, 1.82) is 0 Å². The largest absolute Gasteiger partial charge is 0.495 e. The van der Waals surface area contributed by atoms with Crippen LogP contribution in [0.5, 0.6) is 5.75 Å². The molecule has 1 aromatic rings. The van der Waals surface area contributed by atoms with Crippen molar-refractivity contribution in [2.75, 3.05) is 7.11 Å². The maximum atomic E-state index is 12.6. The molecule has 0 saturated carbocycles. The quantitative estimate of drug-likeness (QED) is 0.765. The Bertz CT molecular complexity index is 576. The van der Waals surface area contributed by atoms with E-state index in [1.165, 1.54) is 13.2 Å². The van der Waals surface area contributed by atoms with Crippen molar-refractivity contribution in [2.24, 2.45) is 5.73 Å². The van der Waals surface area contributed by atoms with Gasteiger partial charge in [-0.3, -0.25) is 0 Å². The standard InChI is InChI=1S/C14H23ClN2O3S/c1-4-6-12(5-2)17-21(18,19)13-8-11(15)7-10(9-16)14(13)20-3/h7-8,12,17H,4-6,9,16H2,1-3H3. The first-order valence-corrected chi connectivity index (χ1v) is 8.84. The number of rotatable bonds is 8. The van der Waals surface area contributed by atoms with Crippen molar-refractivity contribution in [3.05, 3.63) is 22.7 Å². The van der Waals surface area contributed by atoms with Crippen molar-refractivity contribution >= 4 is 21.6 Å². The summed E-state index contributed by atoms with van der Waals surface area (Å²) in [5.41, 5.74) is 6.19. The van der Waals surface area contributed by atoms with Crippen molar-refractivity contribution in [1.82, 2.24) is 4.72 Å². The minimum absolute atomic E-state index is 0.0347. The van der Waals surface area contributed by atoms with E-state index < -0.39 is 10.0 Å². The highest BCUT2D eigenvalue weighted by Crippen LogP contribution is 2.31. The van der Waals surface area contributed by atoms with Crippen molar-refractivity contribution < 1.29 is 13.2 Å². The van der Waals surface area contributed by atoms with Crippen LogP contribution in [-0.2, 0) is 16.6 Å². The molecular weight excluding hydrogens is 312 g/mol. The van der Waals surface area contributed by atoms with Gasteiger partial charge in [0.25, 0.3) is 0 Å². The van der Waals surface area contributed by atoms with E-state index in [9.17, 15) is 8.42 Å². The van der Waals surface area contributed by atoms with Gasteiger partial charge in [0.2, 0.25) is 10.0 Å². The molecule has 0 spiro atoms. The molecule has 0 radical (unpaired) electrons. The molecule has 5 nitrogen and oxygen atoms in total. The Morgan fingerprint density at radius 1 is 1.38 bits per heavy atom. The van der Waals surface area contributed by atoms with Gasteiger partial charge in [-0.25, -0.2) is 13.1 Å². The first kappa shape index (κ1) is 18.2. The molecule has 1 unspecified atom stereocenters. The zero-order valence-corrected chi connectivity index (χ0v) is 14.2. The molecule has 0 amide bonds. The Labute approximate surface area is 131 Å². The maximum absolute atomic E-state index is 12.6. The van der Waals surface area contributed by atoms with E-state index in [1.54, 1.807) is 6.07 Å². The predicted octanol–water partition coefficient (Wildman–Crippen LogP) is 2.66. The molecule has 21 heavy (non-hydrogen) atoms. The summed E-state index contributed by atoms with van der Waals surface area (Å²) < 4.78 is 33.1. The van der Waals surface area contributed by atoms with Gasteiger partial charge < -0.3 is 10.5 Å². The van der Waals surface area contributed by atoms with Crippen LogP contribution in [0.25, 0.3) is 0 Å². The molecule has 7 heteroatoms. The molecule has 120 valence electrons. The van der Waals surface area contributed by atoms with E-state index in [2.05, 4.69) is 4.72 Å². The third-order valence-corrected chi connectivity index (χ3v) is 5.01.